The van der Waals surface area contributed by atoms with Gasteiger partial charge in [-0.05, 0) is 62.1 Å². The second kappa shape index (κ2) is 11.0. The lowest BCUT2D eigenvalue weighted by atomic mass is 9.98. The Kier molecular flexibility index (Phi) is 7.38. The Bertz CT molecular complexity index is 1750. The van der Waals surface area contributed by atoms with Crippen molar-refractivity contribution in [3.63, 3.8) is 0 Å². The Morgan fingerprint density at radius 3 is 2.26 bits per heavy atom. The molecule has 2 amide bonds. The smallest absolute Gasteiger partial charge is 0.410 e. The molecule has 1 fully saturated rings. The van der Waals surface area contributed by atoms with Crippen LogP contribution in [0.1, 0.15) is 62.6 Å². The number of nitrogens with one attached hydrogen (secondary N) is 1. The number of hydrogen-bond donors (Lipinski definition) is 1. The fourth-order valence-electron chi connectivity index (χ4n) is 5.85. The number of aromatic nitrogens is 2. The molecule has 1 aromatic heterocycles. The van der Waals surface area contributed by atoms with Crippen molar-refractivity contribution < 1.29 is 19.1 Å². The van der Waals surface area contributed by atoms with E-state index in [1.165, 1.54) is 9.47 Å². The molecule has 4 aromatic rings. The highest BCUT2D eigenvalue weighted by molar-refractivity contribution is 6.35. The standard InChI is InChI=1S/C33H33ClN4O5/c1-19(35-31(40)42-18-25-23-12-7-5-10-21(23)22-11-6-8-13-24(22)25)29-36-27-15-9-14-26(34)28(27)30(39)38(29)20-16-37(17-20)32(41)43-33(2,3)4/h5-15,19-20,25H,16-18H2,1-4H3,(H,35,40)/t19-/m0/s1. The Hall–Kier alpha value is -4.37. The van der Waals surface area contributed by atoms with Crippen LogP contribution in [0.2, 0.25) is 5.02 Å². The summed E-state index contributed by atoms with van der Waals surface area (Å²) in [4.78, 5) is 45.8. The summed E-state index contributed by atoms with van der Waals surface area (Å²) in [6, 6.07) is 20.3. The maximum absolute atomic E-state index is 13.8. The van der Waals surface area contributed by atoms with Gasteiger partial charge in [0.2, 0.25) is 0 Å². The van der Waals surface area contributed by atoms with Crippen LogP contribution in [-0.4, -0.2) is 51.9 Å². The fraction of sp³-hybridized carbons (Fsp3) is 0.333. The van der Waals surface area contributed by atoms with Gasteiger partial charge in [-0.3, -0.25) is 9.36 Å². The van der Waals surface area contributed by atoms with Crippen molar-refractivity contribution >= 4 is 34.7 Å². The highest BCUT2D eigenvalue weighted by Crippen LogP contribution is 2.44. The molecule has 1 saturated heterocycles. The topological polar surface area (TPSA) is 103 Å². The number of nitrogens with zero attached hydrogens (tertiary/aromatic N) is 3. The summed E-state index contributed by atoms with van der Waals surface area (Å²) in [7, 11) is 0. The number of fused-ring (bicyclic) bond motifs is 4. The van der Waals surface area contributed by atoms with E-state index >= 15 is 0 Å². The first-order valence-electron chi connectivity index (χ1n) is 14.3. The number of alkyl carbamates (subject to hydrolysis) is 1. The molecule has 2 heterocycles. The summed E-state index contributed by atoms with van der Waals surface area (Å²) in [5, 5.41) is 3.44. The van der Waals surface area contributed by atoms with Gasteiger partial charge in [-0.2, -0.15) is 0 Å². The lowest BCUT2D eigenvalue weighted by Gasteiger charge is -2.41. The van der Waals surface area contributed by atoms with Crippen LogP contribution in [0.4, 0.5) is 9.59 Å². The first kappa shape index (κ1) is 28.7. The van der Waals surface area contributed by atoms with E-state index in [1.54, 1.807) is 45.9 Å². The molecule has 3 aromatic carbocycles. The molecule has 1 N–H and O–H groups in total. The summed E-state index contributed by atoms with van der Waals surface area (Å²) in [6.45, 7) is 7.84. The quantitative estimate of drug-likeness (QED) is 0.283. The van der Waals surface area contributed by atoms with Crippen LogP contribution in [0.15, 0.2) is 71.5 Å². The van der Waals surface area contributed by atoms with Crippen LogP contribution in [0.25, 0.3) is 22.0 Å². The number of benzene rings is 3. The van der Waals surface area contributed by atoms with Gasteiger partial charge < -0.3 is 19.7 Å². The van der Waals surface area contributed by atoms with Crippen molar-refractivity contribution in [3.05, 3.63) is 99.1 Å². The van der Waals surface area contributed by atoms with E-state index in [0.29, 0.717) is 11.3 Å². The molecule has 0 radical (unpaired) electrons. The van der Waals surface area contributed by atoms with Crippen LogP contribution >= 0.6 is 11.6 Å². The summed E-state index contributed by atoms with van der Waals surface area (Å²) in [5.74, 6) is 0.267. The monoisotopic (exact) mass is 600 g/mol. The predicted molar refractivity (Wildman–Crippen MR) is 164 cm³/mol. The molecule has 0 saturated carbocycles. The molecule has 1 atom stereocenters. The predicted octanol–water partition coefficient (Wildman–Crippen LogP) is 6.44. The normalized spacial score (nSPS) is 15.4. The number of halogens is 1. The Morgan fingerprint density at radius 2 is 1.63 bits per heavy atom. The number of hydrogen-bond acceptors (Lipinski definition) is 6. The minimum absolute atomic E-state index is 0.0821. The third kappa shape index (κ3) is 5.45. The molecule has 0 bridgehead atoms. The molecule has 1 aliphatic carbocycles. The van der Waals surface area contributed by atoms with Crippen LogP contribution in [0, 0.1) is 0 Å². The van der Waals surface area contributed by atoms with Gasteiger partial charge >= 0.3 is 12.2 Å². The first-order chi connectivity index (χ1) is 20.5. The van der Waals surface area contributed by atoms with Crippen molar-refractivity contribution in [2.45, 2.75) is 51.3 Å². The third-order valence-electron chi connectivity index (χ3n) is 7.85. The van der Waals surface area contributed by atoms with Gasteiger partial charge in [-0.1, -0.05) is 66.2 Å². The zero-order valence-corrected chi connectivity index (χ0v) is 25.2. The molecule has 1 aliphatic heterocycles. The lowest BCUT2D eigenvalue weighted by Crippen LogP contribution is -2.55. The Morgan fingerprint density at radius 1 is 1.00 bits per heavy atom. The van der Waals surface area contributed by atoms with Gasteiger partial charge in [-0.15, -0.1) is 0 Å². The molecule has 10 heteroatoms. The van der Waals surface area contributed by atoms with Crippen LogP contribution in [0.3, 0.4) is 0 Å². The van der Waals surface area contributed by atoms with Crippen molar-refractivity contribution in [3.8, 4) is 11.1 Å². The zero-order chi connectivity index (χ0) is 30.5. The first-order valence-corrected chi connectivity index (χ1v) is 14.7. The highest BCUT2D eigenvalue weighted by atomic mass is 35.5. The number of carbonyl (C=O) groups is 2. The van der Waals surface area contributed by atoms with Crippen molar-refractivity contribution in [2.24, 2.45) is 0 Å². The number of amides is 2. The molecule has 43 heavy (non-hydrogen) atoms. The summed E-state index contributed by atoms with van der Waals surface area (Å²) < 4.78 is 12.8. The fourth-order valence-corrected chi connectivity index (χ4v) is 6.10. The SMILES string of the molecule is C[C@H](NC(=O)OCC1c2ccccc2-c2ccccc21)c1nc2cccc(Cl)c2c(=O)n1C1CN(C(=O)OC(C)(C)C)C1. The third-order valence-corrected chi connectivity index (χ3v) is 8.17. The molecule has 222 valence electrons. The molecular formula is C33H33ClN4O5. The van der Waals surface area contributed by atoms with Crippen LogP contribution in [-0.2, 0) is 9.47 Å². The van der Waals surface area contributed by atoms with Gasteiger partial charge in [0.25, 0.3) is 5.56 Å². The average Bonchev–Trinajstić information content (AvgIpc) is 3.24. The molecule has 0 spiro atoms. The van der Waals surface area contributed by atoms with Gasteiger partial charge in [0, 0.05) is 19.0 Å². The number of rotatable bonds is 5. The Balaban J connectivity index is 1.22. The largest absolute Gasteiger partial charge is 0.449 e. The van der Waals surface area contributed by atoms with Crippen LogP contribution in [0.5, 0.6) is 0 Å². The number of ether oxygens (including phenoxy) is 2. The minimum Gasteiger partial charge on any atom is -0.449 e. The number of carbonyl (C=O) groups excluding carboxylic acids is 2. The lowest BCUT2D eigenvalue weighted by molar-refractivity contribution is 0.0000951. The van der Waals surface area contributed by atoms with E-state index in [-0.39, 0.29) is 47.6 Å². The van der Waals surface area contributed by atoms with Gasteiger partial charge in [0.15, 0.2) is 0 Å². The van der Waals surface area contributed by atoms with E-state index in [9.17, 15) is 14.4 Å². The summed E-state index contributed by atoms with van der Waals surface area (Å²) >= 11 is 6.42. The molecule has 6 rings (SSSR count). The second-order valence-electron chi connectivity index (χ2n) is 12.0. The van der Waals surface area contributed by atoms with E-state index in [4.69, 9.17) is 26.1 Å². The molecular weight excluding hydrogens is 568 g/mol. The van der Waals surface area contributed by atoms with Gasteiger partial charge in [0.1, 0.15) is 18.0 Å². The Labute approximate surface area is 254 Å². The van der Waals surface area contributed by atoms with Crippen molar-refractivity contribution in [2.75, 3.05) is 19.7 Å². The highest BCUT2D eigenvalue weighted by Gasteiger charge is 2.38. The number of likely N-dealkylation sites (tertiary alicyclic amines) is 1. The van der Waals surface area contributed by atoms with Crippen molar-refractivity contribution in [1.29, 1.82) is 0 Å². The maximum Gasteiger partial charge on any atom is 0.410 e. The van der Waals surface area contributed by atoms with Gasteiger partial charge in [-0.25, -0.2) is 14.6 Å². The van der Waals surface area contributed by atoms with E-state index in [0.717, 1.165) is 22.3 Å². The second-order valence-corrected chi connectivity index (χ2v) is 12.4. The molecule has 0 unspecified atom stereocenters. The summed E-state index contributed by atoms with van der Waals surface area (Å²) in [5.41, 5.74) is 3.98. The van der Waals surface area contributed by atoms with E-state index in [1.807, 2.05) is 24.3 Å². The van der Waals surface area contributed by atoms with Crippen LogP contribution < -0.4 is 10.9 Å². The zero-order valence-electron chi connectivity index (χ0n) is 24.5. The molecule has 9 nitrogen and oxygen atoms in total. The summed E-state index contributed by atoms with van der Waals surface area (Å²) in [6.07, 6.45) is -1.07. The van der Waals surface area contributed by atoms with Gasteiger partial charge in [0.05, 0.1) is 28.0 Å². The maximum atomic E-state index is 13.8. The average molecular weight is 601 g/mol. The minimum atomic E-state index is -0.678. The van der Waals surface area contributed by atoms with E-state index < -0.39 is 23.8 Å². The van der Waals surface area contributed by atoms with Crippen molar-refractivity contribution in [1.82, 2.24) is 19.8 Å². The molecule has 2 aliphatic rings. The van der Waals surface area contributed by atoms with E-state index in [2.05, 4.69) is 29.6 Å².